The van der Waals surface area contributed by atoms with Crippen molar-refractivity contribution in [3.8, 4) is 5.75 Å². The number of hydrogen-bond acceptors (Lipinski definition) is 5. The van der Waals surface area contributed by atoms with Crippen LogP contribution in [0, 0.1) is 12.8 Å². The zero-order valence-corrected chi connectivity index (χ0v) is 21.9. The topological polar surface area (TPSA) is 84.7 Å². The average molecular weight is 522 g/mol. The third kappa shape index (κ3) is 5.58. The molecule has 7 nitrogen and oxygen atoms in total. The van der Waals surface area contributed by atoms with E-state index >= 15 is 0 Å². The molecule has 198 valence electrons. The van der Waals surface area contributed by atoms with Crippen molar-refractivity contribution in [2.24, 2.45) is 5.92 Å². The molecule has 3 heterocycles. The number of ether oxygens (including phenoxy) is 1. The smallest absolute Gasteiger partial charge is 0.287 e. The highest BCUT2D eigenvalue weighted by atomic mass is 16.5. The van der Waals surface area contributed by atoms with Crippen molar-refractivity contribution in [3.05, 3.63) is 118 Å². The summed E-state index contributed by atoms with van der Waals surface area (Å²) in [6, 6.07) is 21.6. The Kier molecular flexibility index (Phi) is 6.88. The number of hydrogen-bond donors (Lipinski definition) is 1. The van der Waals surface area contributed by atoms with Crippen LogP contribution >= 0.6 is 0 Å². The number of furan rings is 1. The molecular formula is C32H31N3O4. The molecule has 1 N–H and O–H groups in total. The van der Waals surface area contributed by atoms with Crippen LogP contribution in [0.5, 0.6) is 5.75 Å². The second kappa shape index (κ2) is 10.8. The van der Waals surface area contributed by atoms with E-state index in [9.17, 15) is 9.59 Å². The van der Waals surface area contributed by atoms with Crippen LogP contribution in [0.3, 0.4) is 0 Å². The van der Waals surface area contributed by atoms with Crippen molar-refractivity contribution in [1.82, 2.24) is 15.2 Å². The number of amides is 2. The standard InChI is InChI=1S/C32H31N3O4/c1-21-2-4-24(5-3-21)30-28-18-26(9-8-23(28)14-17-35(30)32(37)25-6-7-25)38-20-27-10-11-29(39-27)31(36)34-19-22-12-15-33-16-13-22/h2-5,8-13,15-16,18,25,30H,6-7,14,17,19-20H2,1H3,(H,34,36). The molecule has 2 aliphatic rings. The van der Waals surface area contributed by atoms with Crippen LogP contribution in [0.2, 0.25) is 0 Å². The predicted molar refractivity (Wildman–Crippen MR) is 146 cm³/mol. The molecule has 0 radical (unpaired) electrons. The first-order valence-electron chi connectivity index (χ1n) is 13.4. The lowest BCUT2D eigenvalue weighted by Crippen LogP contribution is -2.41. The highest BCUT2D eigenvalue weighted by molar-refractivity contribution is 5.91. The third-order valence-electron chi connectivity index (χ3n) is 7.42. The summed E-state index contributed by atoms with van der Waals surface area (Å²) < 4.78 is 11.9. The minimum absolute atomic E-state index is 0.134. The van der Waals surface area contributed by atoms with Gasteiger partial charge in [-0.15, -0.1) is 0 Å². The number of nitrogens with zero attached hydrogens (tertiary/aromatic N) is 2. The van der Waals surface area contributed by atoms with E-state index in [1.54, 1.807) is 24.5 Å². The maximum absolute atomic E-state index is 13.2. The quantitative estimate of drug-likeness (QED) is 0.337. The molecule has 6 rings (SSSR count). The highest BCUT2D eigenvalue weighted by Gasteiger charge is 2.39. The fourth-order valence-electron chi connectivity index (χ4n) is 5.10. The van der Waals surface area contributed by atoms with Crippen LogP contribution in [-0.4, -0.2) is 28.2 Å². The monoisotopic (exact) mass is 521 g/mol. The lowest BCUT2D eigenvalue weighted by Gasteiger charge is -2.38. The number of carbonyl (C=O) groups is 2. The molecule has 7 heteroatoms. The number of aryl methyl sites for hydroxylation is 1. The van der Waals surface area contributed by atoms with Crippen molar-refractivity contribution in [3.63, 3.8) is 0 Å². The van der Waals surface area contributed by atoms with Crippen LogP contribution < -0.4 is 10.1 Å². The van der Waals surface area contributed by atoms with Gasteiger partial charge in [0.1, 0.15) is 18.1 Å². The number of nitrogens with one attached hydrogen (secondary N) is 1. The summed E-state index contributed by atoms with van der Waals surface area (Å²) >= 11 is 0. The van der Waals surface area contributed by atoms with Gasteiger partial charge in [0.25, 0.3) is 5.91 Å². The van der Waals surface area contributed by atoms with Gasteiger partial charge in [-0.3, -0.25) is 14.6 Å². The molecule has 1 saturated carbocycles. The molecule has 0 spiro atoms. The number of benzene rings is 2. The summed E-state index contributed by atoms with van der Waals surface area (Å²) in [7, 11) is 0. The van der Waals surface area contributed by atoms with Crippen molar-refractivity contribution in [1.29, 1.82) is 0 Å². The molecule has 1 aliphatic heterocycles. The van der Waals surface area contributed by atoms with Gasteiger partial charge in [0.15, 0.2) is 5.76 Å². The first kappa shape index (κ1) is 24.9. The van der Waals surface area contributed by atoms with Gasteiger partial charge in [0, 0.05) is 31.4 Å². The van der Waals surface area contributed by atoms with Gasteiger partial charge in [-0.2, -0.15) is 0 Å². The molecular weight excluding hydrogens is 490 g/mol. The van der Waals surface area contributed by atoms with E-state index in [2.05, 4.69) is 58.5 Å². The Morgan fingerprint density at radius 1 is 1.03 bits per heavy atom. The van der Waals surface area contributed by atoms with Crippen LogP contribution in [0.25, 0.3) is 0 Å². The molecule has 39 heavy (non-hydrogen) atoms. The summed E-state index contributed by atoms with van der Waals surface area (Å²) in [6.45, 7) is 3.38. The summed E-state index contributed by atoms with van der Waals surface area (Å²) in [4.78, 5) is 31.8. The Morgan fingerprint density at radius 2 is 1.82 bits per heavy atom. The van der Waals surface area contributed by atoms with E-state index in [-0.39, 0.29) is 36.1 Å². The van der Waals surface area contributed by atoms with E-state index in [4.69, 9.17) is 9.15 Å². The van der Waals surface area contributed by atoms with Gasteiger partial charge >= 0.3 is 0 Å². The largest absolute Gasteiger partial charge is 0.486 e. The lowest BCUT2D eigenvalue weighted by molar-refractivity contribution is -0.134. The second-order valence-electron chi connectivity index (χ2n) is 10.3. The van der Waals surface area contributed by atoms with Crippen molar-refractivity contribution < 1.29 is 18.7 Å². The zero-order chi connectivity index (χ0) is 26.8. The second-order valence-corrected chi connectivity index (χ2v) is 10.3. The Morgan fingerprint density at radius 3 is 2.59 bits per heavy atom. The SMILES string of the molecule is Cc1ccc(C2c3cc(OCc4ccc(C(=O)NCc5ccncc5)o4)ccc3CCN2C(=O)C2CC2)cc1. The van der Waals surface area contributed by atoms with Gasteiger partial charge in [0.2, 0.25) is 5.91 Å². The van der Waals surface area contributed by atoms with Gasteiger partial charge in [-0.25, -0.2) is 0 Å². The van der Waals surface area contributed by atoms with E-state index in [0.717, 1.165) is 42.5 Å². The van der Waals surface area contributed by atoms with Crippen molar-refractivity contribution in [2.45, 2.75) is 45.4 Å². The Labute approximate surface area is 227 Å². The summed E-state index contributed by atoms with van der Waals surface area (Å²) in [5.74, 6) is 1.63. The van der Waals surface area contributed by atoms with Crippen molar-refractivity contribution in [2.75, 3.05) is 6.54 Å². The molecule has 1 aliphatic carbocycles. The minimum atomic E-state index is -0.284. The molecule has 2 aromatic carbocycles. The molecule has 2 amide bonds. The number of fused-ring (bicyclic) bond motifs is 1. The summed E-state index contributed by atoms with van der Waals surface area (Å²) in [6.07, 6.45) is 6.18. The van der Waals surface area contributed by atoms with Crippen LogP contribution in [0.15, 0.2) is 83.5 Å². The highest BCUT2D eigenvalue weighted by Crippen LogP contribution is 2.41. The third-order valence-corrected chi connectivity index (χ3v) is 7.42. The van der Waals surface area contributed by atoms with Crippen LogP contribution in [0.1, 0.15) is 63.0 Å². The Balaban J connectivity index is 1.17. The molecule has 1 unspecified atom stereocenters. The maximum Gasteiger partial charge on any atom is 0.287 e. The predicted octanol–water partition coefficient (Wildman–Crippen LogP) is 5.38. The minimum Gasteiger partial charge on any atom is -0.486 e. The normalized spacial score (nSPS) is 16.4. The van der Waals surface area contributed by atoms with E-state index in [1.807, 2.05) is 18.2 Å². The van der Waals surface area contributed by atoms with Gasteiger partial charge in [0.05, 0.1) is 6.04 Å². The van der Waals surface area contributed by atoms with Crippen LogP contribution in [0.4, 0.5) is 0 Å². The number of carbonyl (C=O) groups excluding carboxylic acids is 2. The van der Waals surface area contributed by atoms with E-state index in [0.29, 0.717) is 18.1 Å². The fourth-order valence-corrected chi connectivity index (χ4v) is 5.10. The number of aromatic nitrogens is 1. The maximum atomic E-state index is 13.2. The van der Waals surface area contributed by atoms with E-state index < -0.39 is 0 Å². The van der Waals surface area contributed by atoms with Gasteiger partial charge in [-0.05, 0) is 84.8 Å². The molecule has 4 aromatic rings. The Bertz CT molecular complexity index is 1480. The average Bonchev–Trinajstić information content (AvgIpc) is 3.72. The zero-order valence-electron chi connectivity index (χ0n) is 21.9. The number of rotatable bonds is 8. The first-order chi connectivity index (χ1) is 19.0. The molecule has 0 saturated heterocycles. The van der Waals surface area contributed by atoms with Gasteiger partial charge in [-0.1, -0.05) is 35.9 Å². The number of pyridine rings is 1. The van der Waals surface area contributed by atoms with Crippen molar-refractivity contribution >= 4 is 11.8 Å². The Hall–Kier alpha value is -4.39. The van der Waals surface area contributed by atoms with Crippen LogP contribution in [-0.2, 0) is 24.4 Å². The first-order valence-corrected chi connectivity index (χ1v) is 13.4. The fraction of sp³-hybridized carbons (Fsp3) is 0.281. The van der Waals surface area contributed by atoms with E-state index in [1.165, 1.54) is 11.1 Å². The molecule has 1 fully saturated rings. The lowest BCUT2D eigenvalue weighted by atomic mass is 9.87. The van der Waals surface area contributed by atoms with Gasteiger partial charge < -0.3 is 19.4 Å². The summed E-state index contributed by atoms with van der Waals surface area (Å²) in [5.41, 5.74) is 5.60. The molecule has 2 aromatic heterocycles. The molecule has 1 atom stereocenters. The molecule has 0 bridgehead atoms. The summed E-state index contributed by atoms with van der Waals surface area (Å²) in [5, 5.41) is 2.85.